The first-order chi connectivity index (χ1) is 10.0. The maximum Gasteiger partial charge on any atom is 0.137 e. The van der Waals surface area contributed by atoms with Crippen molar-refractivity contribution in [2.75, 3.05) is 7.11 Å². The Morgan fingerprint density at radius 2 is 2.00 bits per heavy atom. The van der Waals surface area contributed by atoms with Gasteiger partial charge in [-0.15, -0.1) is 0 Å². The summed E-state index contributed by atoms with van der Waals surface area (Å²) in [7, 11) is 1.68. The van der Waals surface area contributed by atoms with Crippen LogP contribution in [0.25, 0.3) is 0 Å². The molecule has 0 spiro atoms. The lowest BCUT2D eigenvalue weighted by Gasteiger charge is -2.32. The lowest BCUT2D eigenvalue weighted by molar-refractivity contribution is -0.101. The van der Waals surface area contributed by atoms with Gasteiger partial charge < -0.3 is 9.47 Å². The van der Waals surface area contributed by atoms with Crippen LogP contribution in [-0.2, 0) is 16.9 Å². The van der Waals surface area contributed by atoms with E-state index in [1.165, 1.54) is 0 Å². The van der Waals surface area contributed by atoms with Crippen molar-refractivity contribution in [2.45, 2.75) is 44.4 Å². The van der Waals surface area contributed by atoms with Crippen molar-refractivity contribution >= 4 is 0 Å². The van der Waals surface area contributed by atoms with Gasteiger partial charge >= 0.3 is 0 Å². The summed E-state index contributed by atoms with van der Waals surface area (Å²) >= 11 is 0. The van der Waals surface area contributed by atoms with Crippen molar-refractivity contribution in [3.05, 3.63) is 42.5 Å². The van der Waals surface area contributed by atoms with Crippen molar-refractivity contribution in [1.82, 2.24) is 14.8 Å². The predicted octanol–water partition coefficient (Wildman–Crippen LogP) is 2.77. The highest BCUT2D eigenvalue weighted by Crippen LogP contribution is 2.45. The first kappa shape index (κ1) is 14.1. The third-order valence-corrected chi connectivity index (χ3v) is 4.10. The summed E-state index contributed by atoms with van der Waals surface area (Å²) in [6.45, 7) is 4.95. The van der Waals surface area contributed by atoms with Gasteiger partial charge in [0.2, 0.25) is 0 Å². The molecule has 1 saturated heterocycles. The molecule has 3 rings (SSSR count). The van der Waals surface area contributed by atoms with Crippen LogP contribution in [-0.4, -0.2) is 27.5 Å². The quantitative estimate of drug-likeness (QED) is 0.867. The highest BCUT2D eigenvalue weighted by atomic mass is 16.5. The molecule has 1 aromatic carbocycles. The van der Waals surface area contributed by atoms with Gasteiger partial charge in [0.1, 0.15) is 24.0 Å². The molecule has 1 aliphatic heterocycles. The number of benzene rings is 1. The fourth-order valence-corrected chi connectivity index (χ4v) is 3.01. The Morgan fingerprint density at radius 1 is 1.24 bits per heavy atom. The normalized spacial score (nSPS) is 24.1. The molecular formula is C16H21N3O2. The Bertz CT molecular complexity index is 592. The fraction of sp³-hybridized carbons (Fsp3) is 0.500. The summed E-state index contributed by atoms with van der Waals surface area (Å²) in [5, 5.41) is 4.23. The number of aromatic nitrogens is 3. The van der Waals surface area contributed by atoms with E-state index in [9.17, 15) is 0 Å². The summed E-state index contributed by atoms with van der Waals surface area (Å²) in [5.74, 6) is 0.854. The van der Waals surface area contributed by atoms with Gasteiger partial charge in [0.25, 0.3) is 0 Å². The molecule has 0 amide bonds. The second-order valence-electron chi connectivity index (χ2n) is 6.18. The van der Waals surface area contributed by atoms with Crippen molar-refractivity contribution in [1.29, 1.82) is 0 Å². The second kappa shape index (κ2) is 5.15. The van der Waals surface area contributed by atoms with Crippen LogP contribution in [0, 0.1) is 0 Å². The zero-order chi connectivity index (χ0) is 14.9. The van der Waals surface area contributed by atoms with Crippen molar-refractivity contribution in [2.24, 2.45) is 0 Å². The lowest BCUT2D eigenvalue weighted by Crippen LogP contribution is -2.34. The van der Waals surface area contributed by atoms with E-state index in [4.69, 9.17) is 9.47 Å². The maximum atomic E-state index is 6.44. The summed E-state index contributed by atoms with van der Waals surface area (Å²) in [6.07, 6.45) is 5.28. The average Bonchev–Trinajstić information content (AvgIpc) is 3.08. The molecule has 5 heteroatoms. The fourth-order valence-electron chi connectivity index (χ4n) is 3.01. The summed E-state index contributed by atoms with van der Waals surface area (Å²) in [5.41, 5.74) is 0.675. The molecule has 0 aliphatic carbocycles. The Balaban J connectivity index is 1.95. The molecule has 112 valence electrons. The van der Waals surface area contributed by atoms with Crippen molar-refractivity contribution in [3.8, 4) is 5.75 Å². The van der Waals surface area contributed by atoms with Gasteiger partial charge in [-0.2, -0.15) is 5.10 Å². The molecule has 0 saturated carbocycles. The molecule has 2 heterocycles. The number of nitrogens with zero attached hydrogens (tertiary/aromatic N) is 3. The molecule has 0 bridgehead atoms. The van der Waals surface area contributed by atoms with E-state index in [0.717, 1.165) is 24.2 Å². The van der Waals surface area contributed by atoms with E-state index in [1.807, 2.05) is 16.8 Å². The minimum atomic E-state index is -0.358. The second-order valence-corrected chi connectivity index (χ2v) is 6.18. The molecule has 1 fully saturated rings. The molecule has 5 nitrogen and oxygen atoms in total. The van der Waals surface area contributed by atoms with Crippen LogP contribution < -0.4 is 4.74 Å². The first-order valence-corrected chi connectivity index (χ1v) is 7.20. The molecule has 1 aromatic heterocycles. The lowest BCUT2D eigenvalue weighted by atomic mass is 9.90. The third-order valence-electron chi connectivity index (χ3n) is 4.10. The topological polar surface area (TPSA) is 49.2 Å². The summed E-state index contributed by atoms with van der Waals surface area (Å²) < 4.78 is 13.5. The molecule has 2 aromatic rings. The van der Waals surface area contributed by atoms with Crippen LogP contribution in [0.1, 0.15) is 32.3 Å². The number of rotatable bonds is 4. The van der Waals surface area contributed by atoms with E-state index >= 15 is 0 Å². The monoisotopic (exact) mass is 287 g/mol. The highest BCUT2D eigenvalue weighted by molar-refractivity contribution is 5.32. The maximum absolute atomic E-state index is 6.44. The van der Waals surface area contributed by atoms with E-state index in [0.29, 0.717) is 6.54 Å². The van der Waals surface area contributed by atoms with Crippen molar-refractivity contribution < 1.29 is 9.47 Å². The van der Waals surface area contributed by atoms with Crippen LogP contribution in [0.3, 0.4) is 0 Å². The predicted molar refractivity (Wildman–Crippen MR) is 79.1 cm³/mol. The summed E-state index contributed by atoms with van der Waals surface area (Å²) in [4.78, 5) is 4.03. The van der Waals surface area contributed by atoms with Crippen molar-refractivity contribution in [3.63, 3.8) is 0 Å². The number of hydrogen-bond acceptors (Lipinski definition) is 4. The molecule has 1 atom stereocenters. The highest BCUT2D eigenvalue weighted by Gasteiger charge is 2.46. The van der Waals surface area contributed by atoms with Gasteiger partial charge in [-0.25, -0.2) is 9.67 Å². The molecule has 21 heavy (non-hydrogen) atoms. The number of methoxy groups -OCH3 is 1. The standard InChI is InChI=1S/C16H21N3O2/c1-15(2)8-9-16(21-15,10-19-12-17-11-18-19)13-4-6-14(20-3)7-5-13/h4-7,11-12H,8-10H2,1-3H3. The first-order valence-electron chi connectivity index (χ1n) is 7.20. The minimum absolute atomic E-state index is 0.124. The van der Waals surface area contributed by atoms with Gasteiger partial charge in [0.05, 0.1) is 19.3 Å². The molecular weight excluding hydrogens is 266 g/mol. The van der Waals surface area contributed by atoms with Gasteiger partial charge in [-0.05, 0) is 44.4 Å². The zero-order valence-electron chi connectivity index (χ0n) is 12.7. The molecule has 1 unspecified atom stereocenters. The molecule has 0 radical (unpaired) electrons. The zero-order valence-corrected chi connectivity index (χ0v) is 12.7. The van der Waals surface area contributed by atoms with Gasteiger partial charge in [0, 0.05) is 0 Å². The van der Waals surface area contributed by atoms with Crippen LogP contribution in [0.4, 0.5) is 0 Å². The van der Waals surface area contributed by atoms with Gasteiger partial charge in [-0.1, -0.05) is 12.1 Å². The van der Waals surface area contributed by atoms with Crippen LogP contribution in [0.2, 0.25) is 0 Å². The Labute approximate surface area is 124 Å². The summed E-state index contributed by atoms with van der Waals surface area (Å²) in [6, 6.07) is 8.12. The van der Waals surface area contributed by atoms with Crippen LogP contribution >= 0.6 is 0 Å². The number of hydrogen-bond donors (Lipinski definition) is 0. The Morgan fingerprint density at radius 3 is 2.52 bits per heavy atom. The van der Waals surface area contributed by atoms with E-state index < -0.39 is 0 Å². The van der Waals surface area contributed by atoms with E-state index in [-0.39, 0.29) is 11.2 Å². The van der Waals surface area contributed by atoms with Crippen LogP contribution in [0.5, 0.6) is 5.75 Å². The largest absolute Gasteiger partial charge is 0.497 e. The van der Waals surface area contributed by atoms with Gasteiger partial charge in [-0.3, -0.25) is 0 Å². The van der Waals surface area contributed by atoms with Crippen LogP contribution in [0.15, 0.2) is 36.9 Å². The van der Waals surface area contributed by atoms with E-state index in [1.54, 1.807) is 19.8 Å². The Kier molecular flexibility index (Phi) is 3.45. The van der Waals surface area contributed by atoms with E-state index in [2.05, 4.69) is 36.1 Å². The smallest absolute Gasteiger partial charge is 0.137 e. The van der Waals surface area contributed by atoms with Gasteiger partial charge in [0.15, 0.2) is 0 Å². The number of ether oxygens (including phenoxy) is 2. The SMILES string of the molecule is COc1ccc(C2(Cn3cncn3)CCC(C)(C)O2)cc1. The third kappa shape index (κ3) is 2.78. The Hall–Kier alpha value is -1.88. The minimum Gasteiger partial charge on any atom is -0.497 e. The molecule has 0 N–H and O–H groups in total. The average molecular weight is 287 g/mol. The molecule has 1 aliphatic rings.